The Morgan fingerprint density at radius 3 is 2.71 bits per heavy atom. The molecule has 3 N–H and O–H groups in total. The fraction of sp³-hybridized carbons (Fsp3) is 0.0769. The SMILES string of the molecule is O=C(Nc1ccc(F)cc1)C1=NC=CC([I-]N(O)O)=CC1. The number of hydrogen-bond donors (Lipinski definition) is 3. The van der Waals surface area contributed by atoms with Gasteiger partial charge in [0.05, 0.1) is 0 Å². The van der Waals surface area contributed by atoms with E-state index < -0.39 is 21.5 Å². The molecule has 0 bridgehead atoms. The first-order valence-corrected chi connectivity index (χ1v) is 7.92. The Kier molecular flexibility index (Phi) is 5.56. The molecule has 0 spiro atoms. The number of nitrogens with one attached hydrogen (secondary N) is 1. The zero-order valence-electron chi connectivity index (χ0n) is 10.7. The molecule has 0 saturated carbocycles. The van der Waals surface area contributed by atoms with Crippen LogP contribution in [0.5, 0.6) is 0 Å². The number of carbonyl (C=O) groups excluding carboxylic acids is 1. The molecule has 1 aliphatic heterocycles. The van der Waals surface area contributed by atoms with E-state index in [-0.39, 0.29) is 27.3 Å². The molecule has 112 valence electrons. The van der Waals surface area contributed by atoms with E-state index >= 15 is 0 Å². The number of carbonyl (C=O) groups is 1. The summed E-state index contributed by atoms with van der Waals surface area (Å²) < 4.78 is 13.7. The van der Waals surface area contributed by atoms with E-state index in [2.05, 4.69) is 10.3 Å². The predicted octanol–water partition coefficient (Wildman–Crippen LogP) is -0.909. The van der Waals surface area contributed by atoms with Gasteiger partial charge in [-0.1, -0.05) is 0 Å². The normalized spacial score (nSPS) is 14.7. The van der Waals surface area contributed by atoms with Gasteiger partial charge in [-0.3, -0.25) is 0 Å². The summed E-state index contributed by atoms with van der Waals surface area (Å²) in [6.07, 6.45) is 5.08. The van der Waals surface area contributed by atoms with Crippen molar-refractivity contribution in [3.8, 4) is 0 Å². The van der Waals surface area contributed by atoms with Crippen LogP contribution in [0.15, 0.2) is 51.2 Å². The predicted molar refractivity (Wildman–Crippen MR) is 69.7 cm³/mol. The van der Waals surface area contributed by atoms with Crippen molar-refractivity contribution >= 4 is 17.3 Å². The number of nitrogens with zero attached hydrogens (tertiary/aromatic N) is 2. The summed E-state index contributed by atoms with van der Waals surface area (Å²) in [5, 5.41) is 20.2. The van der Waals surface area contributed by atoms with Crippen molar-refractivity contribution in [1.29, 1.82) is 0 Å². The Morgan fingerprint density at radius 2 is 2.05 bits per heavy atom. The average Bonchev–Trinajstić information content (AvgIpc) is 2.66. The maximum atomic E-state index is 12.8. The third-order valence-electron chi connectivity index (χ3n) is 2.49. The van der Waals surface area contributed by atoms with Crippen molar-refractivity contribution in [3.05, 3.63) is 52.0 Å². The Bertz CT molecular complexity index is 612. The fourth-order valence-electron chi connectivity index (χ4n) is 1.55. The van der Waals surface area contributed by atoms with E-state index in [0.29, 0.717) is 5.69 Å². The molecule has 0 radical (unpaired) electrons. The van der Waals surface area contributed by atoms with E-state index in [0.717, 1.165) is 3.58 Å². The molecule has 0 aliphatic carbocycles. The summed E-state index contributed by atoms with van der Waals surface area (Å²) in [6, 6.07) is 5.43. The molecule has 0 aromatic heterocycles. The van der Waals surface area contributed by atoms with Crippen molar-refractivity contribution in [2.45, 2.75) is 6.42 Å². The van der Waals surface area contributed by atoms with Crippen LogP contribution in [-0.4, -0.2) is 25.5 Å². The van der Waals surface area contributed by atoms with Crippen LogP contribution < -0.4 is 26.8 Å². The Hall–Kier alpha value is -1.62. The van der Waals surface area contributed by atoms with Gasteiger partial charge in [0, 0.05) is 0 Å². The van der Waals surface area contributed by atoms with Gasteiger partial charge in [-0.25, -0.2) is 0 Å². The van der Waals surface area contributed by atoms with E-state index in [1.54, 1.807) is 12.2 Å². The van der Waals surface area contributed by atoms with E-state index in [1.807, 2.05) is 0 Å². The molecule has 1 aromatic rings. The van der Waals surface area contributed by atoms with Crippen molar-refractivity contribution in [2.24, 2.45) is 4.99 Å². The van der Waals surface area contributed by atoms with Crippen LogP contribution in [0.3, 0.4) is 0 Å². The monoisotopic (exact) mass is 404 g/mol. The summed E-state index contributed by atoms with van der Waals surface area (Å²) >= 11 is -1.09. The van der Waals surface area contributed by atoms with Gasteiger partial charge < -0.3 is 0 Å². The molecule has 1 amide bonds. The first kappa shape index (κ1) is 15.8. The van der Waals surface area contributed by atoms with E-state index in [1.165, 1.54) is 30.5 Å². The topological polar surface area (TPSA) is 85.2 Å². The van der Waals surface area contributed by atoms with Crippen LogP contribution in [-0.2, 0) is 4.79 Å². The molecule has 2 rings (SSSR count). The van der Waals surface area contributed by atoms with E-state index in [9.17, 15) is 9.18 Å². The molecule has 1 aromatic carbocycles. The molecular formula is C13H12FIN3O3-. The van der Waals surface area contributed by atoms with Gasteiger partial charge in [-0.15, -0.1) is 0 Å². The quantitative estimate of drug-likeness (QED) is 0.345. The van der Waals surface area contributed by atoms with Gasteiger partial charge in [0.25, 0.3) is 0 Å². The van der Waals surface area contributed by atoms with Crippen LogP contribution >= 0.6 is 0 Å². The number of rotatable bonds is 4. The Labute approximate surface area is 130 Å². The zero-order chi connectivity index (χ0) is 15.2. The molecule has 0 unspecified atom stereocenters. The number of anilines is 1. The molecule has 1 aliphatic rings. The fourth-order valence-corrected chi connectivity index (χ4v) is 2.79. The molecule has 0 fully saturated rings. The second-order valence-corrected chi connectivity index (χ2v) is 6.56. The summed E-state index contributed by atoms with van der Waals surface area (Å²) in [5.41, 5.74) is 0.767. The Balaban J connectivity index is 2.00. The molecular weight excluding hydrogens is 392 g/mol. The first-order chi connectivity index (χ1) is 10.0. The van der Waals surface area contributed by atoms with Crippen LogP contribution in [0, 0.1) is 5.82 Å². The van der Waals surface area contributed by atoms with Crippen molar-refractivity contribution in [3.63, 3.8) is 0 Å². The minimum atomic E-state index is -1.09. The molecule has 0 atom stereocenters. The first-order valence-electron chi connectivity index (χ1n) is 5.88. The second-order valence-electron chi connectivity index (χ2n) is 3.97. The third kappa shape index (κ3) is 5.01. The second kappa shape index (κ2) is 7.41. The van der Waals surface area contributed by atoms with Gasteiger partial charge >= 0.3 is 131 Å². The molecule has 8 heteroatoms. The van der Waals surface area contributed by atoms with Crippen molar-refractivity contribution in [2.75, 3.05) is 5.32 Å². The summed E-state index contributed by atoms with van der Waals surface area (Å²) in [7, 11) is 0. The van der Waals surface area contributed by atoms with Crippen LogP contribution in [0.2, 0.25) is 0 Å². The molecule has 0 saturated heterocycles. The maximum absolute atomic E-state index is 12.8. The third-order valence-corrected chi connectivity index (χ3v) is 4.28. The minimum absolute atomic E-state index is 0.165. The number of benzene rings is 1. The van der Waals surface area contributed by atoms with Crippen LogP contribution in [0.1, 0.15) is 6.42 Å². The summed E-state index contributed by atoms with van der Waals surface area (Å²) in [6.45, 7) is 0. The number of aliphatic imine (C=N–C) groups is 1. The standard InChI is InChI=1S/C13H12FIN3O3/c14-9-1-4-11(5-2-9)17-13(19)12-6-3-10(7-8-16-12)15-18(20)21/h1-5,7-8,20-21H,6H2,(H,17,19)/q-1. The van der Waals surface area contributed by atoms with Gasteiger partial charge in [-0.2, -0.15) is 0 Å². The van der Waals surface area contributed by atoms with Crippen LogP contribution in [0.4, 0.5) is 10.1 Å². The van der Waals surface area contributed by atoms with Crippen LogP contribution in [0.25, 0.3) is 0 Å². The van der Waals surface area contributed by atoms with Gasteiger partial charge in [0.1, 0.15) is 0 Å². The summed E-state index contributed by atoms with van der Waals surface area (Å²) in [5.74, 6) is -0.761. The molecule has 6 nitrogen and oxygen atoms in total. The zero-order valence-corrected chi connectivity index (χ0v) is 12.9. The van der Waals surface area contributed by atoms with Crippen molar-refractivity contribution < 1.29 is 41.1 Å². The number of halogens is 2. The van der Waals surface area contributed by atoms with Crippen molar-refractivity contribution in [1.82, 2.24) is 3.44 Å². The van der Waals surface area contributed by atoms with Gasteiger partial charge in [-0.05, 0) is 0 Å². The average molecular weight is 404 g/mol. The van der Waals surface area contributed by atoms with E-state index in [4.69, 9.17) is 10.4 Å². The van der Waals surface area contributed by atoms with Gasteiger partial charge in [0.2, 0.25) is 0 Å². The number of allylic oxidation sites excluding steroid dienone is 3. The summed E-state index contributed by atoms with van der Waals surface area (Å²) in [4.78, 5) is 16.1. The molecule has 21 heavy (non-hydrogen) atoms. The molecule has 1 heterocycles. The van der Waals surface area contributed by atoms with Gasteiger partial charge in [0.15, 0.2) is 0 Å². The Morgan fingerprint density at radius 1 is 1.33 bits per heavy atom. The number of amides is 1. The number of hydrogen-bond acceptors (Lipinski definition) is 5.